The smallest absolute Gasteiger partial charge is 0.243 e. The summed E-state index contributed by atoms with van der Waals surface area (Å²) in [7, 11) is 0. The number of benzene rings is 1. The van der Waals surface area contributed by atoms with Crippen molar-refractivity contribution < 1.29 is 48.3 Å². The number of carbonyl (C=O) groups is 9. The van der Waals surface area contributed by atoms with Gasteiger partial charge in [-0.15, -0.1) is 0 Å². The van der Waals surface area contributed by atoms with Crippen molar-refractivity contribution in [2.75, 3.05) is 39.3 Å². The third-order valence-corrected chi connectivity index (χ3v) is 12.7. The number of hydrazine groups is 1. The van der Waals surface area contributed by atoms with E-state index in [0.29, 0.717) is 12.0 Å². The first-order chi connectivity index (χ1) is 35.3. The molecule has 8 amide bonds. The van der Waals surface area contributed by atoms with Crippen molar-refractivity contribution in [3.8, 4) is 0 Å². The second-order valence-electron chi connectivity index (χ2n) is 20.3. The summed E-state index contributed by atoms with van der Waals surface area (Å²) in [6.07, 6.45) is 3.61. The van der Waals surface area contributed by atoms with Gasteiger partial charge in [-0.3, -0.25) is 53.6 Å². The van der Waals surface area contributed by atoms with Crippen LogP contribution in [-0.4, -0.2) is 139 Å². The molecule has 1 heterocycles. The number of ketones is 1. The Morgan fingerprint density at radius 2 is 1.15 bits per heavy atom. The molecule has 16 N–H and O–H groups in total. The van der Waals surface area contributed by atoms with Crippen molar-refractivity contribution in [1.29, 1.82) is 0 Å². The molecule has 0 aromatic heterocycles. The van der Waals surface area contributed by atoms with Gasteiger partial charge >= 0.3 is 0 Å². The number of aliphatic hydroxyl groups excluding tert-OH is 1. The Bertz CT molecular complexity index is 1920. The van der Waals surface area contributed by atoms with Gasteiger partial charge in [0.2, 0.25) is 47.3 Å². The summed E-state index contributed by atoms with van der Waals surface area (Å²) in [5.74, 6) is -8.63. The van der Waals surface area contributed by atoms with Crippen LogP contribution in [0.4, 0.5) is 0 Å². The first kappa shape index (κ1) is 64.6. The minimum Gasteiger partial charge on any atom is -0.393 e. The molecular weight excluding hydrogens is 953 g/mol. The molecule has 0 aliphatic carbocycles. The van der Waals surface area contributed by atoms with Gasteiger partial charge in [0.1, 0.15) is 36.0 Å². The van der Waals surface area contributed by atoms with Gasteiger partial charge in [0.25, 0.3) is 0 Å². The highest BCUT2D eigenvalue weighted by Gasteiger charge is 2.35. The number of amides is 8. The first-order valence-electron chi connectivity index (χ1n) is 26.7. The third kappa shape index (κ3) is 24.7. The van der Waals surface area contributed by atoms with E-state index in [1.807, 2.05) is 27.7 Å². The van der Waals surface area contributed by atoms with E-state index in [9.17, 15) is 48.3 Å². The van der Waals surface area contributed by atoms with Gasteiger partial charge in [0.15, 0.2) is 0 Å². The molecule has 1 aromatic rings. The normalized spacial score (nSPS) is 22.2. The van der Waals surface area contributed by atoms with Gasteiger partial charge < -0.3 is 59.9 Å². The van der Waals surface area contributed by atoms with E-state index in [1.165, 1.54) is 0 Å². The van der Waals surface area contributed by atoms with E-state index >= 15 is 0 Å². The summed E-state index contributed by atoms with van der Waals surface area (Å²) in [5.41, 5.74) is 26.9. The van der Waals surface area contributed by atoms with Crippen LogP contribution in [0.3, 0.4) is 0 Å². The summed E-state index contributed by atoms with van der Waals surface area (Å²) in [5, 5.41) is 27.9. The average molecular weight is 1040 g/mol. The van der Waals surface area contributed by atoms with E-state index in [0.717, 1.165) is 37.1 Å². The number of Topliss-reactive ketones (excluding diaryl/α,β-unsaturated/α-hetero) is 1. The first-order valence-corrected chi connectivity index (χ1v) is 26.7. The molecule has 2 rings (SSSR count). The molecule has 22 heteroatoms. The van der Waals surface area contributed by atoms with Crippen LogP contribution in [0.1, 0.15) is 136 Å². The van der Waals surface area contributed by atoms with Crippen molar-refractivity contribution in [3.05, 3.63) is 35.9 Å². The van der Waals surface area contributed by atoms with E-state index in [2.05, 4.69) is 44.3 Å². The molecule has 1 aliphatic heterocycles. The largest absolute Gasteiger partial charge is 0.393 e. The highest BCUT2D eigenvalue weighted by Crippen LogP contribution is 2.18. The van der Waals surface area contributed by atoms with Crippen LogP contribution in [-0.2, 0) is 49.6 Å². The molecular formula is C52H90N12O10. The Hall–Kier alpha value is -5.55. The number of hydrogen-bond donors (Lipinski definition) is 12. The Kier molecular flexibility index (Phi) is 31.1. The van der Waals surface area contributed by atoms with Crippen LogP contribution in [0.5, 0.6) is 0 Å². The summed E-state index contributed by atoms with van der Waals surface area (Å²) in [6, 6.07) is 2.65. The molecule has 0 bridgehead atoms. The van der Waals surface area contributed by atoms with E-state index < -0.39 is 102 Å². The number of nitrogens with zero attached hydrogens (tertiary/aromatic N) is 1. The Morgan fingerprint density at radius 1 is 0.635 bits per heavy atom. The highest BCUT2D eigenvalue weighted by atomic mass is 16.3. The van der Waals surface area contributed by atoms with E-state index in [-0.39, 0.29) is 115 Å². The minimum atomic E-state index is -1.29. The predicted molar refractivity (Wildman–Crippen MR) is 281 cm³/mol. The number of carbonyl (C=O) groups excluding carboxylic acids is 9. The molecule has 22 nitrogen and oxygen atoms in total. The van der Waals surface area contributed by atoms with Gasteiger partial charge in [-0.1, -0.05) is 97.1 Å². The van der Waals surface area contributed by atoms with Gasteiger partial charge in [0, 0.05) is 44.1 Å². The number of unbranched alkanes of at least 4 members (excludes halogenated alkanes) is 4. The third-order valence-electron chi connectivity index (χ3n) is 12.7. The molecule has 0 spiro atoms. The van der Waals surface area contributed by atoms with Crippen molar-refractivity contribution in [2.45, 2.75) is 174 Å². The van der Waals surface area contributed by atoms with Gasteiger partial charge in [-0.25, -0.2) is 0 Å². The van der Waals surface area contributed by atoms with Crippen LogP contribution < -0.4 is 60.3 Å². The number of rotatable bonds is 26. The molecule has 0 radical (unpaired) electrons. The lowest BCUT2D eigenvalue weighted by Gasteiger charge is -2.29. The summed E-state index contributed by atoms with van der Waals surface area (Å²) < 4.78 is 0. The molecule has 8 atom stereocenters. The van der Waals surface area contributed by atoms with Crippen molar-refractivity contribution >= 4 is 53.0 Å². The lowest BCUT2D eigenvalue weighted by atomic mass is 9.94. The predicted octanol–water partition coefficient (Wildman–Crippen LogP) is -0.177. The van der Waals surface area contributed by atoms with E-state index in [4.69, 9.17) is 22.9 Å². The van der Waals surface area contributed by atoms with Crippen molar-refractivity contribution in [1.82, 2.24) is 42.3 Å². The molecule has 1 aromatic carbocycles. The zero-order valence-electron chi connectivity index (χ0n) is 44.6. The summed E-state index contributed by atoms with van der Waals surface area (Å²) in [6.45, 7) is 8.71. The minimum absolute atomic E-state index is 0.0156. The van der Waals surface area contributed by atoms with Crippen molar-refractivity contribution in [3.63, 3.8) is 0 Å². The highest BCUT2D eigenvalue weighted by molar-refractivity contribution is 5.97. The van der Waals surface area contributed by atoms with Crippen molar-refractivity contribution in [2.24, 2.45) is 46.6 Å². The Labute approximate surface area is 437 Å². The standard InChI is InChI=1S/C52H90N12O10/c1-6-7-8-9-13-16-38(65)32-39(66)30-36(17-21-53)47(69)63-64-26-25-57-48(70)42(27-33(2)3)61-50(72)41(20-24-56)58-49(71)40(19-23-55)59-51(73)43(28-34(4)5)62-52(74)44(29-35-14-11-10-12-15-35)60-46(68)37(18-22-54)31-45(64)67/h10-12,14-15,33-34,36-38,40-44,65H,6-9,13,16-32,53-56H2,1-5H3,(H,57,70)(H,58,71)(H,59,73)(H,60,68)(H,61,72)(H,62,74)(H,63,69)/t36-,37+,38+,40-,41-,42-,43-,44+/m0/s1. The Balaban J connectivity index is 2.68. The molecule has 0 unspecified atom stereocenters. The molecule has 1 fully saturated rings. The molecule has 418 valence electrons. The quantitative estimate of drug-likeness (QED) is 0.0536. The van der Waals surface area contributed by atoms with Gasteiger partial charge in [-0.2, -0.15) is 0 Å². The fourth-order valence-corrected chi connectivity index (χ4v) is 8.68. The summed E-state index contributed by atoms with van der Waals surface area (Å²) in [4.78, 5) is 126. The van der Waals surface area contributed by atoms with Gasteiger partial charge in [0.05, 0.1) is 12.6 Å². The number of aliphatic hydroxyl groups is 1. The number of hydrogen-bond acceptors (Lipinski definition) is 14. The molecule has 1 aliphatic rings. The molecule has 0 saturated carbocycles. The fourth-order valence-electron chi connectivity index (χ4n) is 8.68. The number of nitrogens with one attached hydrogen (secondary N) is 7. The van der Waals surface area contributed by atoms with E-state index in [1.54, 1.807) is 30.3 Å². The fraction of sp³-hybridized carbons (Fsp3) is 0.712. The zero-order chi connectivity index (χ0) is 55.2. The monoisotopic (exact) mass is 1040 g/mol. The van der Waals surface area contributed by atoms with Gasteiger partial charge in [-0.05, 0) is 88.5 Å². The topological polar surface area (TPSA) is 365 Å². The maximum absolute atomic E-state index is 14.4. The molecule has 74 heavy (non-hydrogen) atoms. The molecule has 1 saturated heterocycles. The van der Waals surface area contributed by atoms with Crippen LogP contribution >= 0.6 is 0 Å². The zero-order valence-corrected chi connectivity index (χ0v) is 44.6. The Morgan fingerprint density at radius 3 is 1.69 bits per heavy atom. The second-order valence-corrected chi connectivity index (χ2v) is 20.3. The maximum atomic E-state index is 14.4. The SMILES string of the molecule is CCCCCCC[C@@H](O)CC(=O)C[C@H](CCN)C(=O)NN1CCNC(=O)[C@H](CC(C)C)NC(=O)[C@H](CCN)NC(=O)[C@H](CCN)NC(=O)[C@H](CC(C)C)NC(=O)[C@@H](Cc2ccccc2)NC(=O)[C@H](CCN)CC1=O. The summed E-state index contributed by atoms with van der Waals surface area (Å²) >= 11 is 0. The lowest BCUT2D eigenvalue weighted by molar-refractivity contribution is -0.146. The van der Waals surface area contributed by atoms with Crippen LogP contribution in [0.25, 0.3) is 0 Å². The van der Waals surface area contributed by atoms with Crippen LogP contribution in [0.15, 0.2) is 30.3 Å². The number of nitrogens with two attached hydrogens (primary N) is 4. The lowest BCUT2D eigenvalue weighted by Crippen LogP contribution is -2.60. The maximum Gasteiger partial charge on any atom is 0.243 e. The second kappa shape index (κ2) is 35.6. The average Bonchev–Trinajstić information content (AvgIpc) is 3.34. The van der Waals surface area contributed by atoms with Crippen LogP contribution in [0.2, 0.25) is 0 Å². The van der Waals surface area contributed by atoms with Crippen LogP contribution in [0, 0.1) is 23.7 Å².